The average Bonchev–Trinajstić information content (AvgIpc) is 2.28. The standard InChI is InChI=1S/C10H17NO.C6H15N/c1-10(2)4-3-5-11-6-8-12-9-7-11;1-6(2)5-7(3)4/h10H,5-9H2,1-2H3;6H,5H2,1-4H3. The number of hydrogen-bond acceptors (Lipinski definition) is 3. The average molecular weight is 268 g/mol. The first kappa shape index (κ1) is 18.4. The maximum Gasteiger partial charge on any atom is 0.0603 e. The van der Waals surface area contributed by atoms with Gasteiger partial charge in [-0.1, -0.05) is 39.5 Å². The lowest BCUT2D eigenvalue weighted by Gasteiger charge is -2.24. The van der Waals surface area contributed by atoms with Crippen molar-refractivity contribution < 1.29 is 4.74 Å². The van der Waals surface area contributed by atoms with Gasteiger partial charge in [-0.05, 0) is 26.6 Å². The van der Waals surface area contributed by atoms with Crippen LogP contribution in [0.4, 0.5) is 0 Å². The van der Waals surface area contributed by atoms with E-state index in [9.17, 15) is 0 Å². The van der Waals surface area contributed by atoms with Gasteiger partial charge in [-0.2, -0.15) is 0 Å². The zero-order valence-electron chi connectivity index (χ0n) is 13.7. The van der Waals surface area contributed by atoms with Gasteiger partial charge in [-0.3, -0.25) is 4.90 Å². The first-order chi connectivity index (χ1) is 8.91. The zero-order chi connectivity index (χ0) is 14.7. The van der Waals surface area contributed by atoms with Gasteiger partial charge in [0.2, 0.25) is 0 Å². The normalized spacial score (nSPS) is 16.1. The molecule has 1 saturated heterocycles. The highest BCUT2D eigenvalue weighted by Gasteiger charge is 2.07. The molecule has 1 aliphatic rings. The summed E-state index contributed by atoms with van der Waals surface area (Å²) in [6.07, 6.45) is 0. The van der Waals surface area contributed by atoms with Gasteiger partial charge >= 0.3 is 0 Å². The first-order valence-electron chi connectivity index (χ1n) is 7.35. The smallest absolute Gasteiger partial charge is 0.0603 e. The highest BCUT2D eigenvalue weighted by Crippen LogP contribution is 1.95. The van der Waals surface area contributed by atoms with E-state index in [0.29, 0.717) is 5.92 Å². The molecular weight excluding hydrogens is 236 g/mol. The zero-order valence-corrected chi connectivity index (χ0v) is 13.7. The summed E-state index contributed by atoms with van der Waals surface area (Å²) in [6.45, 7) is 14.6. The lowest BCUT2D eigenvalue weighted by Crippen LogP contribution is -2.36. The minimum Gasteiger partial charge on any atom is -0.379 e. The number of rotatable bonds is 3. The van der Waals surface area contributed by atoms with Gasteiger partial charge < -0.3 is 9.64 Å². The van der Waals surface area contributed by atoms with E-state index in [1.54, 1.807) is 0 Å². The molecule has 0 saturated carbocycles. The summed E-state index contributed by atoms with van der Waals surface area (Å²) in [5, 5.41) is 0. The molecule has 1 rings (SSSR count). The Bertz CT molecular complexity index is 252. The Morgan fingerprint density at radius 3 is 2.05 bits per heavy atom. The van der Waals surface area contributed by atoms with E-state index in [2.05, 4.69) is 63.4 Å². The summed E-state index contributed by atoms with van der Waals surface area (Å²) in [5.74, 6) is 7.63. The molecule has 0 radical (unpaired) electrons. The molecule has 3 nitrogen and oxygen atoms in total. The lowest BCUT2D eigenvalue weighted by molar-refractivity contribution is 0.0443. The molecule has 1 aliphatic heterocycles. The van der Waals surface area contributed by atoms with E-state index < -0.39 is 0 Å². The molecule has 0 aromatic heterocycles. The van der Waals surface area contributed by atoms with E-state index in [1.165, 1.54) is 6.54 Å². The van der Waals surface area contributed by atoms with Gasteiger partial charge in [0.1, 0.15) is 0 Å². The van der Waals surface area contributed by atoms with Crippen molar-refractivity contribution in [2.45, 2.75) is 27.7 Å². The molecule has 1 fully saturated rings. The predicted octanol–water partition coefficient (Wildman–Crippen LogP) is 2.18. The van der Waals surface area contributed by atoms with Crippen molar-refractivity contribution in [2.24, 2.45) is 11.8 Å². The molecule has 0 atom stereocenters. The second-order valence-electron chi connectivity index (χ2n) is 6.02. The summed E-state index contributed by atoms with van der Waals surface area (Å²) in [4.78, 5) is 4.53. The number of morpholine rings is 1. The molecular formula is C16H32N2O. The van der Waals surface area contributed by atoms with E-state index in [4.69, 9.17) is 4.74 Å². The summed E-state index contributed by atoms with van der Waals surface area (Å²) in [5.41, 5.74) is 0. The molecule has 0 amide bonds. The summed E-state index contributed by atoms with van der Waals surface area (Å²) < 4.78 is 5.24. The fourth-order valence-corrected chi connectivity index (χ4v) is 1.85. The SMILES string of the molecule is CC(C)C#CCN1CCOCC1.CC(C)CN(C)C. The minimum absolute atomic E-state index is 0.492. The van der Waals surface area contributed by atoms with Crippen LogP contribution in [0.1, 0.15) is 27.7 Å². The Labute approximate surface area is 120 Å². The number of ether oxygens (including phenoxy) is 1. The number of hydrogen-bond donors (Lipinski definition) is 0. The summed E-state index contributed by atoms with van der Waals surface area (Å²) >= 11 is 0. The van der Waals surface area contributed by atoms with Crippen LogP contribution in [-0.2, 0) is 4.74 Å². The molecule has 0 bridgehead atoms. The molecule has 0 spiro atoms. The van der Waals surface area contributed by atoms with E-state index in [0.717, 1.165) is 38.8 Å². The van der Waals surface area contributed by atoms with Crippen LogP contribution in [0.2, 0.25) is 0 Å². The van der Waals surface area contributed by atoms with Crippen molar-refractivity contribution >= 4 is 0 Å². The minimum atomic E-state index is 0.492. The van der Waals surface area contributed by atoms with Crippen LogP contribution in [0.3, 0.4) is 0 Å². The number of nitrogens with zero attached hydrogens (tertiary/aromatic N) is 2. The van der Waals surface area contributed by atoms with Crippen molar-refractivity contribution in [3.8, 4) is 11.8 Å². The Balaban J connectivity index is 0.000000399. The second-order valence-corrected chi connectivity index (χ2v) is 6.02. The quantitative estimate of drug-likeness (QED) is 0.730. The largest absolute Gasteiger partial charge is 0.379 e. The molecule has 0 aliphatic carbocycles. The second kappa shape index (κ2) is 11.3. The van der Waals surface area contributed by atoms with Crippen molar-refractivity contribution in [2.75, 3.05) is 53.5 Å². The van der Waals surface area contributed by atoms with E-state index in [-0.39, 0.29) is 0 Å². The molecule has 0 aromatic rings. The van der Waals surface area contributed by atoms with Crippen LogP contribution >= 0.6 is 0 Å². The van der Waals surface area contributed by atoms with Crippen molar-refractivity contribution in [3.05, 3.63) is 0 Å². The first-order valence-corrected chi connectivity index (χ1v) is 7.35. The van der Waals surface area contributed by atoms with Gasteiger partial charge in [0.15, 0.2) is 0 Å². The topological polar surface area (TPSA) is 15.7 Å². The third-order valence-electron chi connectivity index (χ3n) is 2.53. The van der Waals surface area contributed by atoms with Gasteiger partial charge in [0.05, 0.1) is 19.8 Å². The Morgan fingerprint density at radius 1 is 1.11 bits per heavy atom. The maximum atomic E-state index is 5.24. The third kappa shape index (κ3) is 13.7. The molecule has 0 unspecified atom stereocenters. The van der Waals surface area contributed by atoms with E-state index >= 15 is 0 Å². The van der Waals surface area contributed by atoms with Gasteiger partial charge in [0.25, 0.3) is 0 Å². The van der Waals surface area contributed by atoms with Crippen LogP contribution in [-0.4, -0.2) is 63.3 Å². The highest BCUT2D eigenvalue weighted by molar-refractivity contribution is 5.03. The Hall–Kier alpha value is -0.560. The third-order valence-corrected chi connectivity index (χ3v) is 2.53. The van der Waals surface area contributed by atoms with E-state index in [1.807, 2.05) is 0 Å². The van der Waals surface area contributed by atoms with Crippen molar-refractivity contribution in [1.29, 1.82) is 0 Å². The predicted molar refractivity (Wildman–Crippen MR) is 83.3 cm³/mol. The van der Waals surface area contributed by atoms with Crippen LogP contribution in [0.5, 0.6) is 0 Å². The fraction of sp³-hybridized carbons (Fsp3) is 0.875. The molecule has 0 N–H and O–H groups in total. The van der Waals surface area contributed by atoms with Crippen LogP contribution in [0.15, 0.2) is 0 Å². The molecule has 19 heavy (non-hydrogen) atoms. The molecule has 1 heterocycles. The molecule has 0 aromatic carbocycles. The monoisotopic (exact) mass is 268 g/mol. The molecule has 112 valence electrons. The Morgan fingerprint density at radius 2 is 1.68 bits per heavy atom. The lowest BCUT2D eigenvalue weighted by atomic mass is 10.2. The Kier molecular flexibility index (Phi) is 10.9. The van der Waals surface area contributed by atoms with Gasteiger partial charge in [0, 0.05) is 19.0 Å². The highest BCUT2D eigenvalue weighted by atomic mass is 16.5. The summed E-state index contributed by atoms with van der Waals surface area (Å²) in [7, 11) is 4.19. The molecule has 3 heteroatoms. The van der Waals surface area contributed by atoms with Gasteiger partial charge in [-0.15, -0.1) is 0 Å². The van der Waals surface area contributed by atoms with Crippen LogP contribution in [0, 0.1) is 23.7 Å². The van der Waals surface area contributed by atoms with Crippen LogP contribution < -0.4 is 0 Å². The van der Waals surface area contributed by atoms with Gasteiger partial charge in [-0.25, -0.2) is 0 Å². The van der Waals surface area contributed by atoms with Crippen LogP contribution in [0.25, 0.3) is 0 Å². The maximum absolute atomic E-state index is 5.24. The summed E-state index contributed by atoms with van der Waals surface area (Å²) in [6, 6.07) is 0. The van der Waals surface area contributed by atoms with Crippen molar-refractivity contribution in [3.63, 3.8) is 0 Å². The van der Waals surface area contributed by atoms with Crippen molar-refractivity contribution in [1.82, 2.24) is 9.80 Å². The fourth-order valence-electron chi connectivity index (χ4n) is 1.85.